The van der Waals surface area contributed by atoms with E-state index in [0.29, 0.717) is 6.54 Å². The van der Waals surface area contributed by atoms with Gasteiger partial charge in [0, 0.05) is 18.8 Å². The van der Waals surface area contributed by atoms with Gasteiger partial charge in [-0.1, -0.05) is 12.1 Å². The number of nitrogens with one attached hydrogen (secondary N) is 1. The Kier molecular flexibility index (Phi) is 3.39. The zero-order valence-corrected chi connectivity index (χ0v) is 9.34. The normalized spacial score (nSPS) is 14.3. The minimum atomic E-state index is -2.27. The van der Waals surface area contributed by atoms with E-state index in [1.54, 1.807) is 11.9 Å². The molecule has 0 fully saturated rings. The van der Waals surface area contributed by atoms with Crippen molar-refractivity contribution in [3.63, 3.8) is 0 Å². The molecule has 1 N–H and O–H groups in total. The Bertz CT molecular complexity index is 366. The lowest BCUT2D eigenvalue weighted by atomic mass is 10.1. The molecule has 2 rings (SSSR count). The van der Waals surface area contributed by atoms with Crippen LogP contribution >= 0.6 is 0 Å². The molecule has 0 aliphatic carbocycles. The average Bonchev–Trinajstić information content (AvgIpc) is 2.63. The summed E-state index contributed by atoms with van der Waals surface area (Å²) in [5, 5.41) is 3.29. The Morgan fingerprint density at radius 1 is 1.44 bits per heavy atom. The van der Waals surface area contributed by atoms with Gasteiger partial charge in [0.15, 0.2) is 0 Å². The lowest BCUT2D eigenvalue weighted by Gasteiger charge is -2.16. The number of rotatable bonds is 4. The van der Waals surface area contributed by atoms with Crippen LogP contribution in [0, 0.1) is 0 Å². The average molecular weight is 226 g/mol. The number of benzene rings is 1. The number of hydrogen-bond donors (Lipinski definition) is 1. The molecule has 0 saturated carbocycles. The second-order valence-corrected chi connectivity index (χ2v) is 4.26. The van der Waals surface area contributed by atoms with E-state index in [1.807, 2.05) is 6.07 Å². The number of nitrogens with zero attached hydrogens (tertiary/aromatic N) is 1. The zero-order chi connectivity index (χ0) is 11.5. The second-order valence-electron chi connectivity index (χ2n) is 4.26. The van der Waals surface area contributed by atoms with Crippen LogP contribution in [0.1, 0.15) is 11.1 Å². The molecule has 0 aromatic heterocycles. The summed E-state index contributed by atoms with van der Waals surface area (Å²) in [6, 6.07) is 6.17. The van der Waals surface area contributed by atoms with E-state index in [0.717, 1.165) is 24.2 Å². The zero-order valence-electron chi connectivity index (χ0n) is 9.34. The van der Waals surface area contributed by atoms with Gasteiger partial charge in [0.05, 0.1) is 6.54 Å². The molecule has 1 aromatic carbocycles. The highest BCUT2D eigenvalue weighted by atomic mass is 19.3. The molecule has 0 spiro atoms. The minimum Gasteiger partial charge on any atom is -0.384 e. The van der Waals surface area contributed by atoms with E-state index < -0.39 is 6.43 Å². The maximum Gasteiger partial charge on any atom is 0.251 e. The quantitative estimate of drug-likeness (QED) is 0.847. The summed E-state index contributed by atoms with van der Waals surface area (Å²) in [6.45, 7) is 1.37. The predicted octanol–water partition coefficient (Wildman–Crippen LogP) is 2.35. The van der Waals surface area contributed by atoms with E-state index in [2.05, 4.69) is 17.4 Å². The van der Waals surface area contributed by atoms with Crippen LogP contribution in [0.4, 0.5) is 14.5 Å². The highest BCUT2D eigenvalue weighted by Gasteiger charge is 2.12. The van der Waals surface area contributed by atoms with Crippen molar-refractivity contribution < 1.29 is 8.78 Å². The van der Waals surface area contributed by atoms with E-state index in [-0.39, 0.29) is 6.54 Å². The SMILES string of the molecule is CN(Cc1ccc2c(c1)NCC2)CC(F)F. The van der Waals surface area contributed by atoms with Gasteiger partial charge in [0.25, 0.3) is 6.43 Å². The van der Waals surface area contributed by atoms with Crippen LogP contribution in [0.25, 0.3) is 0 Å². The molecule has 0 amide bonds. The van der Waals surface area contributed by atoms with Crippen molar-refractivity contribution in [1.82, 2.24) is 4.90 Å². The Balaban J connectivity index is 1.99. The smallest absolute Gasteiger partial charge is 0.251 e. The van der Waals surface area contributed by atoms with Gasteiger partial charge in [-0.2, -0.15) is 0 Å². The molecule has 0 radical (unpaired) electrons. The molecule has 0 bridgehead atoms. The van der Waals surface area contributed by atoms with E-state index in [4.69, 9.17) is 0 Å². The molecule has 1 heterocycles. The first-order valence-corrected chi connectivity index (χ1v) is 5.47. The number of halogens is 2. The summed E-state index contributed by atoms with van der Waals surface area (Å²) in [7, 11) is 1.72. The lowest BCUT2D eigenvalue weighted by molar-refractivity contribution is 0.0976. The number of alkyl halides is 2. The predicted molar refractivity (Wildman–Crippen MR) is 61.0 cm³/mol. The largest absolute Gasteiger partial charge is 0.384 e. The van der Waals surface area contributed by atoms with Crippen LogP contribution in [0.15, 0.2) is 18.2 Å². The molecule has 4 heteroatoms. The summed E-state index contributed by atoms with van der Waals surface area (Å²) in [5.74, 6) is 0. The van der Waals surface area contributed by atoms with Crippen molar-refractivity contribution in [2.75, 3.05) is 25.5 Å². The van der Waals surface area contributed by atoms with Gasteiger partial charge in [-0.05, 0) is 30.7 Å². The molecule has 0 unspecified atom stereocenters. The van der Waals surface area contributed by atoms with Crippen molar-refractivity contribution in [2.45, 2.75) is 19.4 Å². The molecule has 2 nitrogen and oxygen atoms in total. The van der Waals surface area contributed by atoms with Crippen LogP contribution in [0.2, 0.25) is 0 Å². The number of fused-ring (bicyclic) bond motifs is 1. The van der Waals surface area contributed by atoms with Crippen LogP contribution in [-0.4, -0.2) is 31.5 Å². The second kappa shape index (κ2) is 4.78. The summed E-state index contributed by atoms with van der Waals surface area (Å²) in [6.07, 6.45) is -1.21. The molecule has 0 atom stereocenters. The minimum absolute atomic E-state index is 0.176. The van der Waals surface area contributed by atoms with Crippen LogP contribution in [0.5, 0.6) is 0 Å². The van der Waals surface area contributed by atoms with Crippen molar-refractivity contribution in [2.24, 2.45) is 0 Å². The molecule has 1 aliphatic rings. The van der Waals surface area contributed by atoms with Crippen molar-refractivity contribution in [3.05, 3.63) is 29.3 Å². The van der Waals surface area contributed by atoms with Crippen molar-refractivity contribution >= 4 is 5.69 Å². The topological polar surface area (TPSA) is 15.3 Å². The van der Waals surface area contributed by atoms with Gasteiger partial charge in [0.1, 0.15) is 0 Å². The van der Waals surface area contributed by atoms with Gasteiger partial charge in [-0.25, -0.2) is 8.78 Å². The Hall–Kier alpha value is -1.16. The van der Waals surface area contributed by atoms with Crippen LogP contribution in [0.3, 0.4) is 0 Å². The Morgan fingerprint density at radius 2 is 2.25 bits per heavy atom. The maximum absolute atomic E-state index is 12.2. The molecule has 88 valence electrons. The van der Waals surface area contributed by atoms with E-state index in [9.17, 15) is 8.78 Å². The van der Waals surface area contributed by atoms with Gasteiger partial charge in [0.2, 0.25) is 0 Å². The highest BCUT2D eigenvalue weighted by molar-refractivity contribution is 5.56. The van der Waals surface area contributed by atoms with Gasteiger partial charge < -0.3 is 5.32 Å². The van der Waals surface area contributed by atoms with Crippen LogP contribution < -0.4 is 5.32 Å². The first-order chi connectivity index (χ1) is 7.65. The fourth-order valence-corrected chi connectivity index (χ4v) is 2.05. The third kappa shape index (κ3) is 2.70. The third-order valence-electron chi connectivity index (χ3n) is 2.79. The van der Waals surface area contributed by atoms with Crippen molar-refractivity contribution in [3.8, 4) is 0 Å². The monoisotopic (exact) mass is 226 g/mol. The molecule has 1 aliphatic heterocycles. The first-order valence-electron chi connectivity index (χ1n) is 5.47. The summed E-state index contributed by atoms with van der Waals surface area (Å²) < 4.78 is 24.3. The molecule has 0 saturated heterocycles. The summed E-state index contributed by atoms with van der Waals surface area (Å²) in [5.41, 5.74) is 3.56. The third-order valence-corrected chi connectivity index (χ3v) is 2.79. The summed E-state index contributed by atoms with van der Waals surface area (Å²) in [4.78, 5) is 1.64. The van der Waals surface area contributed by atoms with Gasteiger partial charge >= 0.3 is 0 Å². The molecular weight excluding hydrogens is 210 g/mol. The highest BCUT2D eigenvalue weighted by Crippen LogP contribution is 2.23. The Labute approximate surface area is 94.3 Å². The standard InChI is InChI=1S/C12H16F2N2/c1-16(8-12(13)14)7-9-2-3-10-4-5-15-11(10)6-9/h2-3,6,12,15H,4-5,7-8H2,1H3. The van der Waals surface area contributed by atoms with E-state index >= 15 is 0 Å². The first kappa shape index (κ1) is 11.3. The van der Waals surface area contributed by atoms with Gasteiger partial charge in [-0.15, -0.1) is 0 Å². The van der Waals surface area contributed by atoms with Gasteiger partial charge in [-0.3, -0.25) is 4.90 Å². The number of hydrogen-bond acceptors (Lipinski definition) is 2. The summed E-state index contributed by atoms with van der Waals surface area (Å²) >= 11 is 0. The van der Waals surface area contributed by atoms with Crippen molar-refractivity contribution in [1.29, 1.82) is 0 Å². The fourth-order valence-electron chi connectivity index (χ4n) is 2.05. The fraction of sp³-hybridized carbons (Fsp3) is 0.500. The number of anilines is 1. The lowest BCUT2D eigenvalue weighted by Crippen LogP contribution is -2.24. The van der Waals surface area contributed by atoms with E-state index in [1.165, 1.54) is 5.56 Å². The van der Waals surface area contributed by atoms with Crippen LogP contribution in [-0.2, 0) is 13.0 Å². The molecule has 16 heavy (non-hydrogen) atoms. The molecule has 1 aromatic rings. The maximum atomic E-state index is 12.2. The molecular formula is C12H16F2N2. The Morgan fingerprint density at radius 3 is 3.00 bits per heavy atom.